The van der Waals surface area contributed by atoms with Crippen LogP contribution in [-0.2, 0) is 11.3 Å². The first-order valence-electron chi connectivity index (χ1n) is 11.3. The number of benzene rings is 3. The van der Waals surface area contributed by atoms with Crippen LogP contribution >= 0.6 is 0 Å². The molecule has 4 aromatic rings. The molecule has 0 atom stereocenters. The summed E-state index contributed by atoms with van der Waals surface area (Å²) in [5.41, 5.74) is 4.18. The van der Waals surface area contributed by atoms with Crippen molar-refractivity contribution in [2.75, 3.05) is 19.1 Å². The van der Waals surface area contributed by atoms with E-state index in [1.54, 1.807) is 19.1 Å². The van der Waals surface area contributed by atoms with Gasteiger partial charge in [-0.3, -0.25) is 4.79 Å². The molecular formula is C28H26N2O4. The van der Waals surface area contributed by atoms with Crippen LogP contribution < -0.4 is 9.64 Å². The molecule has 1 heterocycles. The first-order valence-corrected chi connectivity index (χ1v) is 11.3. The third-order valence-electron chi connectivity index (χ3n) is 6.43. The molecule has 1 aliphatic rings. The van der Waals surface area contributed by atoms with Crippen LogP contribution in [0.1, 0.15) is 28.9 Å². The number of carboxylic acid groups (broad SMARTS) is 1. The Morgan fingerprint density at radius 1 is 1.03 bits per heavy atom. The number of rotatable bonds is 7. The fraction of sp³-hybridized carbons (Fsp3) is 0.214. The van der Waals surface area contributed by atoms with Gasteiger partial charge in [-0.15, -0.1) is 0 Å². The molecule has 1 fully saturated rings. The van der Waals surface area contributed by atoms with Gasteiger partial charge < -0.3 is 19.3 Å². The Bertz CT molecular complexity index is 1400. The Balaban J connectivity index is 1.66. The summed E-state index contributed by atoms with van der Waals surface area (Å²) in [4.78, 5) is 26.9. The van der Waals surface area contributed by atoms with Crippen molar-refractivity contribution in [3.8, 4) is 16.9 Å². The minimum atomic E-state index is -0.998. The summed E-state index contributed by atoms with van der Waals surface area (Å²) in [5, 5.41) is 11.2. The van der Waals surface area contributed by atoms with Gasteiger partial charge in [-0.05, 0) is 54.3 Å². The number of carbonyl (C=O) groups is 2. The number of ether oxygens (including phenoxy) is 1. The minimum absolute atomic E-state index is 0.105. The number of hydrogen-bond donors (Lipinski definition) is 1. The number of carbonyl (C=O) groups excluding carboxylic acids is 1. The topological polar surface area (TPSA) is 71.8 Å². The van der Waals surface area contributed by atoms with Gasteiger partial charge >= 0.3 is 5.97 Å². The molecule has 172 valence electrons. The molecule has 5 rings (SSSR count). The van der Waals surface area contributed by atoms with Crippen molar-refractivity contribution < 1.29 is 19.4 Å². The minimum Gasteiger partial charge on any atom is -0.497 e. The number of fused-ring (bicyclic) bond motifs is 1. The second kappa shape index (κ2) is 8.71. The van der Waals surface area contributed by atoms with Crippen molar-refractivity contribution in [2.24, 2.45) is 5.92 Å². The van der Waals surface area contributed by atoms with Gasteiger partial charge in [-0.1, -0.05) is 42.5 Å². The maximum Gasteiger partial charge on any atom is 0.353 e. The molecule has 3 aromatic carbocycles. The number of aromatic carboxylic acids is 1. The van der Waals surface area contributed by atoms with Gasteiger partial charge in [-0.25, -0.2) is 4.79 Å². The smallest absolute Gasteiger partial charge is 0.353 e. The zero-order chi connectivity index (χ0) is 23.8. The highest BCUT2D eigenvalue weighted by atomic mass is 16.5. The van der Waals surface area contributed by atoms with Gasteiger partial charge in [-0.2, -0.15) is 0 Å². The zero-order valence-corrected chi connectivity index (χ0v) is 19.2. The lowest BCUT2D eigenvalue weighted by molar-refractivity contribution is -0.119. The summed E-state index contributed by atoms with van der Waals surface area (Å²) < 4.78 is 7.19. The molecule has 1 N–H and O–H groups in total. The summed E-state index contributed by atoms with van der Waals surface area (Å²) in [5.74, 6) is -0.0619. The standard InChI is InChI=1S/C28H26N2O4/c1-29(27(31)19-13-14-19)21-9-6-8-20(16-21)25-23-11-3-4-12-24(23)30(26(25)28(32)33)17-18-7-5-10-22(15-18)34-2/h3-12,15-16,19H,13-14,17H2,1-2H3,(H,32,33). The van der Waals surface area contributed by atoms with E-state index in [0.29, 0.717) is 12.1 Å². The van der Waals surface area contributed by atoms with Gasteiger partial charge in [0.05, 0.1) is 7.11 Å². The SMILES string of the molecule is COc1cccc(Cn2c(C(=O)O)c(-c3cccc(N(C)C(=O)C4CC4)c3)c3ccccc32)c1. The summed E-state index contributed by atoms with van der Waals surface area (Å²) in [6.07, 6.45) is 1.87. The van der Waals surface area contributed by atoms with E-state index in [-0.39, 0.29) is 17.5 Å². The van der Waals surface area contributed by atoms with Crippen LogP contribution in [0.25, 0.3) is 22.0 Å². The Labute approximate surface area is 198 Å². The first-order chi connectivity index (χ1) is 16.5. The zero-order valence-electron chi connectivity index (χ0n) is 19.2. The molecule has 1 saturated carbocycles. The van der Waals surface area contributed by atoms with E-state index in [4.69, 9.17) is 4.74 Å². The van der Waals surface area contributed by atoms with Gasteiger partial charge in [0.1, 0.15) is 11.4 Å². The van der Waals surface area contributed by atoms with Crippen LogP contribution in [-0.4, -0.2) is 35.7 Å². The second-order valence-corrected chi connectivity index (χ2v) is 8.71. The van der Waals surface area contributed by atoms with E-state index >= 15 is 0 Å². The molecule has 0 radical (unpaired) electrons. The monoisotopic (exact) mass is 454 g/mol. The van der Waals surface area contributed by atoms with Crippen molar-refractivity contribution in [1.29, 1.82) is 0 Å². The van der Waals surface area contributed by atoms with E-state index in [9.17, 15) is 14.7 Å². The lowest BCUT2D eigenvalue weighted by Crippen LogP contribution is -2.27. The number of hydrogen-bond acceptors (Lipinski definition) is 3. The van der Waals surface area contributed by atoms with E-state index in [2.05, 4.69) is 0 Å². The van der Waals surface area contributed by atoms with Crippen LogP contribution in [0.15, 0.2) is 72.8 Å². The molecule has 1 aliphatic carbocycles. The van der Waals surface area contributed by atoms with Gasteiger partial charge in [0.2, 0.25) is 5.91 Å². The first kappa shape index (κ1) is 21.8. The van der Waals surface area contributed by atoms with Gasteiger partial charge in [0, 0.05) is 41.7 Å². The molecule has 1 amide bonds. The molecule has 6 heteroatoms. The Hall–Kier alpha value is -4.06. The van der Waals surface area contributed by atoms with Crippen molar-refractivity contribution in [1.82, 2.24) is 4.57 Å². The molecule has 0 aliphatic heterocycles. The normalized spacial score (nSPS) is 13.1. The van der Waals surface area contributed by atoms with Crippen LogP contribution in [0.4, 0.5) is 5.69 Å². The average molecular weight is 455 g/mol. The maximum absolute atomic E-state index is 12.6. The molecule has 6 nitrogen and oxygen atoms in total. The van der Waals surface area contributed by atoms with E-state index in [0.717, 1.165) is 46.3 Å². The number of methoxy groups -OCH3 is 1. The molecule has 34 heavy (non-hydrogen) atoms. The average Bonchev–Trinajstić information content (AvgIpc) is 3.66. The Morgan fingerprint density at radius 2 is 1.79 bits per heavy atom. The maximum atomic E-state index is 12.6. The highest BCUT2D eigenvalue weighted by molar-refractivity contribution is 6.08. The predicted molar refractivity (Wildman–Crippen MR) is 133 cm³/mol. The molecule has 0 bridgehead atoms. The van der Waals surface area contributed by atoms with Crippen molar-refractivity contribution in [2.45, 2.75) is 19.4 Å². The number of anilines is 1. The largest absolute Gasteiger partial charge is 0.497 e. The summed E-state index contributed by atoms with van der Waals surface area (Å²) >= 11 is 0. The lowest BCUT2D eigenvalue weighted by atomic mass is 10.0. The van der Waals surface area contributed by atoms with E-state index in [1.807, 2.05) is 77.4 Å². The van der Waals surface area contributed by atoms with Crippen LogP contribution in [0, 0.1) is 5.92 Å². The lowest BCUT2D eigenvalue weighted by Gasteiger charge is -2.18. The number of aromatic nitrogens is 1. The molecule has 0 unspecified atom stereocenters. The van der Waals surface area contributed by atoms with E-state index in [1.165, 1.54) is 0 Å². The van der Waals surface area contributed by atoms with Crippen LogP contribution in [0.5, 0.6) is 5.75 Å². The fourth-order valence-electron chi connectivity index (χ4n) is 4.54. The summed E-state index contributed by atoms with van der Waals surface area (Å²) in [6.45, 7) is 0.388. The van der Waals surface area contributed by atoms with Gasteiger partial charge in [0.15, 0.2) is 0 Å². The number of para-hydroxylation sites is 1. The van der Waals surface area contributed by atoms with Crippen molar-refractivity contribution in [3.63, 3.8) is 0 Å². The number of carboxylic acids is 1. The Kier molecular flexibility index (Phi) is 5.57. The quantitative estimate of drug-likeness (QED) is 0.404. The molecule has 0 spiro atoms. The van der Waals surface area contributed by atoms with Crippen LogP contribution in [0.3, 0.4) is 0 Å². The summed E-state index contributed by atoms with van der Waals surface area (Å²) in [6, 6.07) is 22.9. The molecule has 0 saturated heterocycles. The third-order valence-corrected chi connectivity index (χ3v) is 6.43. The molecular weight excluding hydrogens is 428 g/mol. The van der Waals surface area contributed by atoms with E-state index < -0.39 is 5.97 Å². The summed E-state index contributed by atoms with van der Waals surface area (Å²) in [7, 11) is 3.40. The number of nitrogens with zero attached hydrogens (tertiary/aromatic N) is 2. The number of amides is 1. The second-order valence-electron chi connectivity index (χ2n) is 8.71. The highest BCUT2D eigenvalue weighted by Gasteiger charge is 2.32. The predicted octanol–water partition coefficient (Wildman–Crippen LogP) is 5.44. The van der Waals surface area contributed by atoms with Crippen LogP contribution in [0.2, 0.25) is 0 Å². The fourth-order valence-corrected chi connectivity index (χ4v) is 4.54. The highest BCUT2D eigenvalue weighted by Crippen LogP contribution is 2.38. The van der Waals surface area contributed by atoms with Gasteiger partial charge in [0.25, 0.3) is 0 Å². The third kappa shape index (κ3) is 3.92. The van der Waals surface area contributed by atoms with Crippen molar-refractivity contribution in [3.05, 3.63) is 84.1 Å². The van der Waals surface area contributed by atoms with Crippen molar-refractivity contribution >= 4 is 28.5 Å². The Morgan fingerprint density at radius 3 is 2.53 bits per heavy atom. The molecule has 1 aromatic heterocycles.